The van der Waals surface area contributed by atoms with Crippen molar-refractivity contribution in [3.8, 4) is 0 Å². The average molecular weight is 293 g/mol. The van der Waals surface area contributed by atoms with Gasteiger partial charge in [0.1, 0.15) is 5.82 Å². The van der Waals surface area contributed by atoms with E-state index < -0.39 is 0 Å². The Hall–Kier alpha value is -0.930. The largest absolute Gasteiger partial charge is 0.376 e. The van der Waals surface area contributed by atoms with Crippen LogP contribution in [-0.4, -0.2) is 19.3 Å². The van der Waals surface area contributed by atoms with Gasteiger partial charge in [-0.1, -0.05) is 39.0 Å². The van der Waals surface area contributed by atoms with Crippen LogP contribution < -0.4 is 5.32 Å². The van der Waals surface area contributed by atoms with Crippen LogP contribution in [0.1, 0.15) is 58.1 Å². The van der Waals surface area contributed by atoms with Crippen LogP contribution in [0.4, 0.5) is 4.39 Å². The summed E-state index contributed by atoms with van der Waals surface area (Å²) in [6.07, 6.45) is 4.14. The molecule has 21 heavy (non-hydrogen) atoms. The Bertz CT molecular complexity index is 462. The lowest BCUT2D eigenvalue weighted by molar-refractivity contribution is -0.0879. The van der Waals surface area contributed by atoms with Crippen LogP contribution in [0.15, 0.2) is 24.3 Å². The lowest BCUT2D eigenvalue weighted by Crippen LogP contribution is -2.49. The first-order valence-corrected chi connectivity index (χ1v) is 7.97. The SMILES string of the molecule is CCNC(c1ccccc1F)C1(OC)CCC(C)(C)CC1. The van der Waals surface area contributed by atoms with E-state index in [4.69, 9.17) is 4.74 Å². The van der Waals surface area contributed by atoms with Crippen molar-refractivity contribution in [3.05, 3.63) is 35.6 Å². The van der Waals surface area contributed by atoms with Gasteiger partial charge in [-0.2, -0.15) is 0 Å². The highest BCUT2D eigenvalue weighted by molar-refractivity contribution is 5.25. The minimum absolute atomic E-state index is 0.0928. The zero-order valence-electron chi connectivity index (χ0n) is 13.7. The van der Waals surface area contributed by atoms with Crippen molar-refractivity contribution in [3.63, 3.8) is 0 Å². The minimum Gasteiger partial charge on any atom is -0.376 e. The Balaban J connectivity index is 2.34. The first kappa shape index (κ1) is 16.4. The van der Waals surface area contributed by atoms with Gasteiger partial charge in [0, 0.05) is 12.7 Å². The molecule has 1 saturated carbocycles. The van der Waals surface area contributed by atoms with E-state index in [0.29, 0.717) is 5.41 Å². The topological polar surface area (TPSA) is 21.3 Å². The van der Waals surface area contributed by atoms with Gasteiger partial charge in [-0.15, -0.1) is 0 Å². The van der Waals surface area contributed by atoms with Gasteiger partial charge in [0.2, 0.25) is 0 Å². The van der Waals surface area contributed by atoms with Gasteiger partial charge in [-0.3, -0.25) is 0 Å². The number of hydrogen-bond donors (Lipinski definition) is 1. The van der Waals surface area contributed by atoms with Gasteiger partial charge in [0.25, 0.3) is 0 Å². The average Bonchev–Trinajstić information content (AvgIpc) is 2.47. The molecular formula is C18H28FNO. The van der Waals surface area contributed by atoms with E-state index in [9.17, 15) is 4.39 Å². The van der Waals surface area contributed by atoms with Crippen LogP contribution in [-0.2, 0) is 4.74 Å². The molecule has 2 nitrogen and oxygen atoms in total. The Morgan fingerprint density at radius 1 is 1.19 bits per heavy atom. The highest BCUT2D eigenvalue weighted by Gasteiger charge is 2.45. The predicted molar refractivity (Wildman–Crippen MR) is 84.8 cm³/mol. The molecule has 3 heteroatoms. The van der Waals surface area contributed by atoms with E-state index in [0.717, 1.165) is 37.8 Å². The number of ether oxygens (including phenoxy) is 1. The summed E-state index contributed by atoms with van der Waals surface area (Å²) in [7, 11) is 1.77. The van der Waals surface area contributed by atoms with E-state index in [-0.39, 0.29) is 17.5 Å². The maximum atomic E-state index is 14.3. The molecule has 0 saturated heterocycles. The molecule has 0 aromatic heterocycles. The minimum atomic E-state index is -0.312. The second-order valence-corrected chi connectivity index (χ2v) is 6.95. The number of benzene rings is 1. The monoisotopic (exact) mass is 293 g/mol. The summed E-state index contributed by atoms with van der Waals surface area (Å²) in [5.74, 6) is -0.148. The van der Waals surface area contributed by atoms with E-state index >= 15 is 0 Å². The van der Waals surface area contributed by atoms with Crippen LogP contribution in [0.3, 0.4) is 0 Å². The molecule has 0 heterocycles. The molecule has 1 aliphatic carbocycles. The first-order valence-electron chi connectivity index (χ1n) is 7.97. The fraction of sp³-hybridized carbons (Fsp3) is 0.667. The molecule has 1 aromatic carbocycles. The van der Waals surface area contributed by atoms with Gasteiger partial charge >= 0.3 is 0 Å². The second-order valence-electron chi connectivity index (χ2n) is 6.95. The zero-order valence-corrected chi connectivity index (χ0v) is 13.7. The number of halogens is 1. The molecule has 2 rings (SSSR count). The highest BCUT2D eigenvalue weighted by atomic mass is 19.1. The van der Waals surface area contributed by atoms with Crippen LogP contribution >= 0.6 is 0 Å². The molecular weight excluding hydrogens is 265 g/mol. The van der Waals surface area contributed by atoms with Crippen LogP contribution in [0, 0.1) is 11.2 Å². The molecule has 0 bridgehead atoms. The summed E-state index contributed by atoms with van der Waals surface area (Å²) >= 11 is 0. The Morgan fingerprint density at radius 2 is 1.81 bits per heavy atom. The quantitative estimate of drug-likeness (QED) is 0.865. The molecule has 1 aromatic rings. The van der Waals surface area contributed by atoms with Crippen molar-refractivity contribution < 1.29 is 9.13 Å². The van der Waals surface area contributed by atoms with Crippen molar-refractivity contribution in [2.45, 2.75) is 58.1 Å². The van der Waals surface area contributed by atoms with Crippen molar-refractivity contribution >= 4 is 0 Å². The van der Waals surface area contributed by atoms with E-state index in [1.54, 1.807) is 13.2 Å². The van der Waals surface area contributed by atoms with Gasteiger partial charge < -0.3 is 10.1 Å². The third-order valence-corrected chi connectivity index (χ3v) is 5.01. The maximum Gasteiger partial charge on any atom is 0.128 e. The molecule has 1 atom stereocenters. The number of likely N-dealkylation sites (N-methyl/N-ethyl adjacent to an activating group) is 1. The van der Waals surface area contributed by atoms with E-state index in [1.165, 1.54) is 6.07 Å². The number of nitrogens with one attached hydrogen (secondary N) is 1. The Labute approximate surface area is 128 Å². The summed E-state index contributed by atoms with van der Waals surface area (Å²) in [6.45, 7) is 7.47. The fourth-order valence-electron chi connectivity index (χ4n) is 3.45. The lowest BCUT2D eigenvalue weighted by atomic mass is 9.67. The smallest absolute Gasteiger partial charge is 0.128 e. The third-order valence-electron chi connectivity index (χ3n) is 5.01. The number of hydrogen-bond acceptors (Lipinski definition) is 2. The van der Waals surface area contributed by atoms with Gasteiger partial charge in [0.05, 0.1) is 11.6 Å². The van der Waals surface area contributed by atoms with E-state index in [2.05, 4.69) is 26.1 Å². The molecule has 0 spiro atoms. The summed E-state index contributed by atoms with van der Waals surface area (Å²) in [4.78, 5) is 0. The van der Waals surface area contributed by atoms with Crippen LogP contribution in [0.25, 0.3) is 0 Å². The molecule has 0 amide bonds. The van der Waals surface area contributed by atoms with Gasteiger partial charge in [-0.05, 0) is 43.7 Å². The van der Waals surface area contributed by atoms with E-state index in [1.807, 2.05) is 12.1 Å². The van der Waals surface area contributed by atoms with Crippen molar-refractivity contribution in [2.24, 2.45) is 5.41 Å². The second kappa shape index (κ2) is 6.45. The normalized spacial score (nSPS) is 22.0. The number of methoxy groups -OCH3 is 1. The predicted octanol–water partition coefficient (Wildman–Crippen LogP) is 4.46. The standard InChI is InChI=1S/C18H28FNO/c1-5-20-16(14-8-6-7-9-15(14)19)18(21-4)12-10-17(2,3)11-13-18/h6-9,16,20H,5,10-13H2,1-4H3. The molecule has 1 N–H and O–H groups in total. The van der Waals surface area contributed by atoms with Gasteiger partial charge in [0.15, 0.2) is 0 Å². The number of rotatable bonds is 5. The van der Waals surface area contributed by atoms with Crippen LogP contribution in [0.5, 0.6) is 0 Å². The highest BCUT2D eigenvalue weighted by Crippen LogP contribution is 2.47. The Morgan fingerprint density at radius 3 is 2.33 bits per heavy atom. The zero-order chi connectivity index (χ0) is 15.5. The Kier molecular flexibility index (Phi) is 5.05. The molecule has 1 unspecified atom stereocenters. The fourth-order valence-corrected chi connectivity index (χ4v) is 3.45. The summed E-state index contributed by atoms with van der Waals surface area (Å²) in [5.41, 5.74) is 0.766. The molecule has 1 aliphatic rings. The van der Waals surface area contributed by atoms with Crippen LogP contribution in [0.2, 0.25) is 0 Å². The first-order chi connectivity index (χ1) is 9.94. The third kappa shape index (κ3) is 3.46. The molecule has 0 radical (unpaired) electrons. The summed E-state index contributed by atoms with van der Waals surface area (Å²) < 4.78 is 20.2. The van der Waals surface area contributed by atoms with Crippen molar-refractivity contribution in [2.75, 3.05) is 13.7 Å². The van der Waals surface area contributed by atoms with Crippen molar-refractivity contribution in [1.29, 1.82) is 0 Å². The molecule has 0 aliphatic heterocycles. The van der Waals surface area contributed by atoms with Crippen molar-refractivity contribution in [1.82, 2.24) is 5.32 Å². The van der Waals surface area contributed by atoms with Gasteiger partial charge in [-0.25, -0.2) is 4.39 Å². The molecule has 118 valence electrons. The molecule has 1 fully saturated rings. The summed E-state index contributed by atoms with van der Waals surface area (Å²) in [6, 6.07) is 6.97. The maximum absolute atomic E-state index is 14.3. The summed E-state index contributed by atoms with van der Waals surface area (Å²) in [5, 5.41) is 3.46. The lowest BCUT2D eigenvalue weighted by Gasteiger charge is -2.47.